The Morgan fingerprint density at radius 1 is 1.43 bits per heavy atom. The van der Waals surface area contributed by atoms with Crippen LogP contribution in [0.5, 0.6) is 0 Å². The van der Waals surface area contributed by atoms with Gasteiger partial charge < -0.3 is 10.1 Å². The van der Waals surface area contributed by atoms with E-state index in [4.69, 9.17) is 4.74 Å². The lowest BCUT2D eigenvalue weighted by atomic mass is 9.94. The van der Waals surface area contributed by atoms with Gasteiger partial charge in [-0.2, -0.15) is 0 Å². The average Bonchev–Trinajstić information content (AvgIpc) is 2.26. The molecule has 14 heavy (non-hydrogen) atoms. The molecule has 1 atom stereocenters. The number of nitrogens with one attached hydrogen (secondary N) is 1. The van der Waals surface area contributed by atoms with E-state index in [1.807, 2.05) is 6.92 Å². The minimum Gasteiger partial charge on any atom is -0.468 e. The van der Waals surface area contributed by atoms with Gasteiger partial charge in [0, 0.05) is 6.04 Å². The van der Waals surface area contributed by atoms with Gasteiger partial charge in [0.05, 0.1) is 7.11 Å². The predicted molar refractivity (Wildman–Crippen MR) is 56.1 cm³/mol. The molecule has 1 fully saturated rings. The van der Waals surface area contributed by atoms with Crippen molar-refractivity contribution in [2.24, 2.45) is 0 Å². The van der Waals surface area contributed by atoms with E-state index in [1.54, 1.807) is 0 Å². The standard InChI is InChI=1S/C11H21NO2/c1-3-10(11(13)14-2)12-9-7-5-4-6-8-9/h9-10,12H,3-8H2,1-2H3/t10-/m0/s1. The molecule has 0 radical (unpaired) electrons. The molecule has 1 aliphatic carbocycles. The fraction of sp³-hybridized carbons (Fsp3) is 0.909. The summed E-state index contributed by atoms with van der Waals surface area (Å²) >= 11 is 0. The number of rotatable bonds is 4. The number of ether oxygens (including phenoxy) is 1. The molecule has 0 aliphatic heterocycles. The van der Waals surface area contributed by atoms with E-state index in [1.165, 1.54) is 39.2 Å². The van der Waals surface area contributed by atoms with Gasteiger partial charge in [0.2, 0.25) is 0 Å². The third-order valence-electron chi connectivity index (χ3n) is 2.94. The Morgan fingerprint density at radius 3 is 2.57 bits per heavy atom. The highest BCUT2D eigenvalue weighted by Gasteiger charge is 2.21. The monoisotopic (exact) mass is 199 g/mol. The Labute approximate surface area is 86.2 Å². The summed E-state index contributed by atoms with van der Waals surface area (Å²) in [7, 11) is 1.45. The maximum absolute atomic E-state index is 11.3. The molecule has 0 saturated heterocycles. The molecule has 1 N–H and O–H groups in total. The van der Waals surface area contributed by atoms with Gasteiger partial charge in [-0.3, -0.25) is 4.79 Å². The Bertz CT molecular complexity index is 176. The Balaban J connectivity index is 2.34. The minimum absolute atomic E-state index is 0.108. The van der Waals surface area contributed by atoms with Crippen LogP contribution in [-0.4, -0.2) is 25.2 Å². The van der Waals surface area contributed by atoms with E-state index in [0.29, 0.717) is 6.04 Å². The molecule has 1 rings (SSSR count). The second-order valence-corrected chi connectivity index (χ2v) is 3.99. The molecule has 1 aliphatic rings. The maximum atomic E-state index is 11.3. The minimum atomic E-state index is -0.127. The lowest BCUT2D eigenvalue weighted by Gasteiger charge is -2.26. The van der Waals surface area contributed by atoms with Crippen molar-refractivity contribution in [2.75, 3.05) is 7.11 Å². The van der Waals surface area contributed by atoms with Crippen LogP contribution in [-0.2, 0) is 9.53 Å². The molecule has 0 heterocycles. The summed E-state index contributed by atoms with van der Waals surface area (Å²) in [6, 6.07) is 0.413. The van der Waals surface area contributed by atoms with E-state index in [2.05, 4.69) is 5.32 Å². The first kappa shape index (κ1) is 11.5. The highest BCUT2D eigenvalue weighted by atomic mass is 16.5. The fourth-order valence-electron chi connectivity index (χ4n) is 2.05. The Kier molecular flexibility index (Phi) is 4.94. The van der Waals surface area contributed by atoms with Gasteiger partial charge in [0.25, 0.3) is 0 Å². The molecule has 3 heteroatoms. The molecule has 82 valence electrons. The maximum Gasteiger partial charge on any atom is 0.322 e. The van der Waals surface area contributed by atoms with E-state index in [9.17, 15) is 4.79 Å². The molecule has 3 nitrogen and oxygen atoms in total. The zero-order valence-electron chi connectivity index (χ0n) is 9.21. The number of carbonyl (C=O) groups is 1. The molecule has 1 saturated carbocycles. The van der Waals surface area contributed by atoms with E-state index in [0.717, 1.165) is 6.42 Å². The summed E-state index contributed by atoms with van der Waals surface area (Å²) in [5.41, 5.74) is 0. The first-order valence-electron chi connectivity index (χ1n) is 5.61. The normalized spacial score (nSPS) is 20.4. The molecule has 0 bridgehead atoms. The van der Waals surface area contributed by atoms with Gasteiger partial charge in [-0.25, -0.2) is 0 Å². The molecule has 0 amide bonds. The van der Waals surface area contributed by atoms with Crippen molar-refractivity contribution in [1.82, 2.24) is 5.32 Å². The number of methoxy groups -OCH3 is 1. The highest BCUT2D eigenvalue weighted by molar-refractivity contribution is 5.75. The zero-order valence-corrected chi connectivity index (χ0v) is 9.21. The quantitative estimate of drug-likeness (QED) is 0.702. The van der Waals surface area contributed by atoms with Crippen LogP contribution in [0.1, 0.15) is 45.4 Å². The van der Waals surface area contributed by atoms with Crippen molar-refractivity contribution in [3.63, 3.8) is 0 Å². The van der Waals surface area contributed by atoms with Crippen molar-refractivity contribution in [3.05, 3.63) is 0 Å². The molecule has 0 aromatic carbocycles. The van der Waals surface area contributed by atoms with Crippen LogP contribution < -0.4 is 5.32 Å². The highest BCUT2D eigenvalue weighted by Crippen LogP contribution is 2.18. The summed E-state index contributed by atoms with van der Waals surface area (Å²) in [5.74, 6) is -0.127. The van der Waals surface area contributed by atoms with Crippen LogP contribution in [0.25, 0.3) is 0 Å². The lowest BCUT2D eigenvalue weighted by molar-refractivity contribution is -0.143. The fourth-order valence-corrected chi connectivity index (χ4v) is 2.05. The van der Waals surface area contributed by atoms with E-state index < -0.39 is 0 Å². The summed E-state index contributed by atoms with van der Waals surface area (Å²) in [6.45, 7) is 2.01. The van der Waals surface area contributed by atoms with Crippen molar-refractivity contribution >= 4 is 5.97 Å². The van der Waals surface area contributed by atoms with Crippen LogP contribution in [0.4, 0.5) is 0 Å². The van der Waals surface area contributed by atoms with Crippen LogP contribution in [0.3, 0.4) is 0 Å². The van der Waals surface area contributed by atoms with Crippen LogP contribution in [0.2, 0.25) is 0 Å². The number of esters is 1. The van der Waals surface area contributed by atoms with E-state index in [-0.39, 0.29) is 12.0 Å². The average molecular weight is 199 g/mol. The lowest BCUT2D eigenvalue weighted by Crippen LogP contribution is -2.44. The Morgan fingerprint density at radius 2 is 2.07 bits per heavy atom. The third-order valence-corrected chi connectivity index (χ3v) is 2.94. The predicted octanol–water partition coefficient (Wildman–Crippen LogP) is 1.86. The Hall–Kier alpha value is -0.570. The van der Waals surface area contributed by atoms with Gasteiger partial charge in [0.1, 0.15) is 6.04 Å². The number of hydrogen-bond acceptors (Lipinski definition) is 3. The van der Waals surface area contributed by atoms with Gasteiger partial charge in [-0.1, -0.05) is 26.2 Å². The second-order valence-electron chi connectivity index (χ2n) is 3.99. The smallest absolute Gasteiger partial charge is 0.322 e. The van der Waals surface area contributed by atoms with Gasteiger partial charge in [-0.05, 0) is 19.3 Å². The summed E-state index contributed by atoms with van der Waals surface area (Å²) in [4.78, 5) is 11.3. The van der Waals surface area contributed by atoms with Crippen molar-refractivity contribution in [2.45, 2.75) is 57.5 Å². The van der Waals surface area contributed by atoms with E-state index >= 15 is 0 Å². The summed E-state index contributed by atoms with van der Waals surface area (Å²) in [6.07, 6.45) is 7.13. The van der Waals surface area contributed by atoms with Crippen LogP contribution >= 0.6 is 0 Å². The molecule has 0 unspecified atom stereocenters. The van der Waals surface area contributed by atoms with Crippen molar-refractivity contribution in [1.29, 1.82) is 0 Å². The van der Waals surface area contributed by atoms with Gasteiger partial charge in [0.15, 0.2) is 0 Å². The second kappa shape index (κ2) is 6.02. The molecule has 0 aromatic heterocycles. The van der Waals surface area contributed by atoms with Crippen molar-refractivity contribution < 1.29 is 9.53 Å². The molecular formula is C11H21NO2. The summed E-state index contributed by atoms with van der Waals surface area (Å²) in [5, 5.41) is 3.38. The third kappa shape index (κ3) is 3.29. The number of hydrogen-bond donors (Lipinski definition) is 1. The van der Waals surface area contributed by atoms with Gasteiger partial charge >= 0.3 is 5.97 Å². The van der Waals surface area contributed by atoms with Crippen molar-refractivity contribution in [3.8, 4) is 0 Å². The first-order valence-corrected chi connectivity index (χ1v) is 5.61. The zero-order chi connectivity index (χ0) is 10.4. The number of carbonyl (C=O) groups excluding carboxylic acids is 1. The largest absolute Gasteiger partial charge is 0.468 e. The van der Waals surface area contributed by atoms with Gasteiger partial charge in [-0.15, -0.1) is 0 Å². The molecular weight excluding hydrogens is 178 g/mol. The SMILES string of the molecule is CC[C@H](NC1CCCCC1)C(=O)OC. The molecule has 0 aromatic rings. The topological polar surface area (TPSA) is 38.3 Å². The summed E-state index contributed by atoms with van der Waals surface area (Å²) < 4.78 is 4.74. The van der Waals surface area contributed by atoms with Crippen LogP contribution in [0, 0.1) is 0 Å². The van der Waals surface area contributed by atoms with Crippen LogP contribution in [0.15, 0.2) is 0 Å². The first-order chi connectivity index (χ1) is 6.77. The molecule has 0 spiro atoms.